The molecular weight excluding hydrogens is 226 g/mol. The number of anilines is 1. The van der Waals surface area contributed by atoms with Gasteiger partial charge in [-0.25, -0.2) is 9.97 Å². The molecule has 0 bridgehead atoms. The average Bonchev–Trinajstić information content (AvgIpc) is 2.83. The molecule has 0 aliphatic heterocycles. The topological polar surface area (TPSA) is 55.6 Å². The van der Waals surface area contributed by atoms with E-state index in [1.807, 2.05) is 41.8 Å². The van der Waals surface area contributed by atoms with Gasteiger partial charge in [0.15, 0.2) is 0 Å². The second-order valence-corrected chi connectivity index (χ2v) is 3.87. The van der Waals surface area contributed by atoms with E-state index in [9.17, 15) is 0 Å². The van der Waals surface area contributed by atoms with Crippen LogP contribution in [0.5, 0.6) is 0 Å². The zero-order chi connectivity index (χ0) is 12.4. The third kappa shape index (κ3) is 1.79. The van der Waals surface area contributed by atoms with Crippen LogP contribution in [0.2, 0.25) is 0 Å². The maximum absolute atomic E-state index is 4.46. The van der Waals surface area contributed by atoms with Gasteiger partial charge in [-0.3, -0.25) is 4.57 Å². The molecule has 90 valence electrons. The molecule has 0 saturated heterocycles. The lowest BCUT2D eigenvalue weighted by Gasteiger charge is -2.05. The number of benzene rings is 1. The molecule has 0 fully saturated rings. The van der Waals surface area contributed by atoms with Crippen LogP contribution in [0.25, 0.3) is 16.9 Å². The molecular formula is C13H13N5. The largest absolute Gasteiger partial charge is 0.354 e. The van der Waals surface area contributed by atoms with Gasteiger partial charge in [0.25, 0.3) is 0 Å². The minimum atomic E-state index is 0.632. The van der Waals surface area contributed by atoms with Crippen molar-refractivity contribution in [1.29, 1.82) is 0 Å². The zero-order valence-electron chi connectivity index (χ0n) is 10.0. The Morgan fingerprint density at radius 3 is 2.94 bits per heavy atom. The van der Waals surface area contributed by atoms with E-state index in [1.54, 1.807) is 12.5 Å². The van der Waals surface area contributed by atoms with Crippen molar-refractivity contribution in [2.45, 2.75) is 6.92 Å². The van der Waals surface area contributed by atoms with Crippen molar-refractivity contribution < 1.29 is 0 Å². The van der Waals surface area contributed by atoms with Crippen LogP contribution in [0.4, 0.5) is 5.95 Å². The minimum Gasteiger partial charge on any atom is -0.354 e. The Kier molecular flexibility index (Phi) is 2.64. The van der Waals surface area contributed by atoms with Gasteiger partial charge in [-0.1, -0.05) is 12.1 Å². The summed E-state index contributed by atoms with van der Waals surface area (Å²) in [5.74, 6) is 1.45. The maximum atomic E-state index is 4.46. The first kappa shape index (κ1) is 10.7. The van der Waals surface area contributed by atoms with Crippen LogP contribution in [0.15, 0.2) is 42.9 Å². The lowest BCUT2D eigenvalue weighted by atomic mass is 10.3. The standard InChI is InChI=1S/C13H13N5/c1-2-14-13-15-8-7-12(17-13)18-9-16-10-5-3-4-6-11(10)18/h3-9H,2H2,1H3,(H,14,15,17). The second-order valence-electron chi connectivity index (χ2n) is 3.87. The summed E-state index contributed by atoms with van der Waals surface area (Å²) in [5.41, 5.74) is 2.00. The van der Waals surface area contributed by atoms with Crippen LogP contribution in [0.1, 0.15) is 6.92 Å². The summed E-state index contributed by atoms with van der Waals surface area (Å²) >= 11 is 0. The van der Waals surface area contributed by atoms with Crippen LogP contribution in [-0.4, -0.2) is 26.1 Å². The van der Waals surface area contributed by atoms with Gasteiger partial charge in [0.05, 0.1) is 11.0 Å². The van der Waals surface area contributed by atoms with Gasteiger partial charge in [0.2, 0.25) is 5.95 Å². The Morgan fingerprint density at radius 1 is 1.17 bits per heavy atom. The van der Waals surface area contributed by atoms with E-state index in [0.717, 1.165) is 23.4 Å². The summed E-state index contributed by atoms with van der Waals surface area (Å²) in [6, 6.07) is 9.85. The fourth-order valence-electron chi connectivity index (χ4n) is 1.87. The minimum absolute atomic E-state index is 0.632. The SMILES string of the molecule is CCNc1nccc(-n2cnc3ccccc32)n1. The highest BCUT2D eigenvalue weighted by Crippen LogP contribution is 2.16. The first-order valence-corrected chi connectivity index (χ1v) is 5.88. The van der Waals surface area contributed by atoms with Gasteiger partial charge in [-0.15, -0.1) is 0 Å². The van der Waals surface area contributed by atoms with Crippen LogP contribution in [0.3, 0.4) is 0 Å². The number of hydrogen-bond acceptors (Lipinski definition) is 4. The smallest absolute Gasteiger partial charge is 0.224 e. The number of para-hydroxylation sites is 2. The van der Waals surface area contributed by atoms with Crippen LogP contribution in [-0.2, 0) is 0 Å². The van der Waals surface area contributed by atoms with Crippen molar-refractivity contribution in [3.63, 3.8) is 0 Å². The maximum Gasteiger partial charge on any atom is 0.224 e. The number of fused-ring (bicyclic) bond motifs is 1. The van der Waals surface area contributed by atoms with Crippen LogP contribution < -0.4 is 5.32 Å². The molecule has 2 heterocycles. The number of hydrogen-bond donors (Lipinski definition) is 1. The molecule has 0 atom stereocenters. The van der Waals surface area contributed by atoms with Crippen LogP contribution >= 0.6 is 0 Å². The summed E-state index contributed by atoms with van der Waals surface area (Å²) in [5, 5.41) is 3.10. The van der Waals surface area contributed by atoms with Gasteiger partial charge in [0, 0.05) is 12.7 Å². The first-order chi connectivity index (χ1) is 8.88. The number of rotatable bonds is 3. The highest BCUT2D eigenvalue weighted by molar-refractivity contribution is 5.76. The van der Waals surface area contributed by atoms with E-state index in [4.69, 9.17) is 0 Å². The van der Waals surface area contributed by atoms with Gasteiger partial charge >= 0.3 is 0 Å². The predicted octanol–water partition coefficient (Wildman–Crippen LogP) is 2.25. The predicted molar refractivity (Wildman–Crippen MR) is 70.8 cm³/mol. The molecule has 0 aliphatic carbocycles. The fourth-order valence-corrected chi connectivity index (χ4v) is 1.87. The van der Waals surface area contributed by atoms with Crippen molar-refractivity contribution in [3.8, 4) is 5.82 Å². The Bertz CT molecular complexity index is 674. The Labute approximate surface area is 105 Å². The molecule has 0 radical (unpaired) electrons. The van der Waals surface area contributed by atoms with E-state index in [-0.39, 0.29) is 0 Å². The highest BCUT2D eigenvalue weighted by Gasteiger charge is 2.05. The number of nitrogens with one attached hydrogen (secondary N) is 1. The summed E-state index contributed by atoms with van der Waals surface area (Å²) in [6.45, 7) is 2.82. The lowest BCUT2D eigenvalue weighted by molar-refractivity contribution is 0.984. The molecule has 5 nitrogen and oxygen atoms in total. The van der Waals surface area contributed by atoms with E-state index >= 15 is 0 Å². The van der Waals surface area contributed by atoms with Crippen molar-refractivity contribution in [2.24, 2.45) is 0 Å². The molecule has 1 aromatic carbocycles. The highest BCUT2D eigenvalue weighted by atomic mass is 15.2. The fraction of sp³-hybridized carbons (Fsp3) is 0.154. The molecule has 5 heteroatoms. The molecule has 1 N–H and O–H groups in total. The molecule has 0 spiro atoms. The summed E-state index contributed by atoms with van der Waals surface area (Å²) in [4.78, 5) is 13.0. The van der Waals surface area contributed by atoms with Gasteiger partial charge in [-0.2, -0.15) is 4.98 Å². The van der Waals surface area contributed by atoms with Crippen LogP contribution in [0, 0.1) is 0 Å². The average molecular weight is 239 g/mol. The number of imidazole rings is 1. The van der Waals surface area contributed by atoms with E-state index in [1.165, 1.54) is 0 Å². The lowest BCUT2D eigenvalue weighted by Crippen LogP contribution is -2.04. The van der Waals surface area contributed by atoms with E-state index < -0.39 is 0 Å². The Balaban J connectivity index is 2.11. The molecule has 0 unspecified atom stereocenters. The molecule has 2 aromatic heterocycles. The summed E-state index contributed by atoms with van der Waals surface area (Å²) in [7, 11) is 0. The second kappa shape index (κ2) is 4.44. The third-order valence-corrected chi connectivity index (χ3v) is 2.68. The van der Waals surface area contributed by atoms with Crippen molar-refractivity contribution in [3.05, 3.63) is 42.9 Å². The number of aromatic nitrogens is 4. The Morgan fingerprint density at radius 2 is 2.06 bits per heavy atom. The zero-order valence-corrected chi connectivity index (χ0v) is 10.0. The summed E-state index contributed by atoms with van der Waals surface area (Å²) in [6.07, 6.45) is 3.53. The summed E-state index contributed by atoms with van der Waals surface area (Å²) < 4.78 is 1.96. The number of nitrogens with zero attached hydrogens (tertiary/aromatic N) is 4. The molecule has 3 aromatic rings. The van der Waals surface area contributed by atoms with Crippen molar-refractivity contribution >= 4 is 17.0 Å². The van der Waals surface area contributed by atoms with E-state index in [2.05, 4.69) is 20.3 Å². The first-order valence-electron chi connectivity index (χ1n) is 5.88. The van der Waals surface area contributed by atoms with Crippen molar-refractivity contribution in [1.82, 2.24) is 19.5 Å². The van der Waals surface area contributed by atoms with Gasteiger partial charge in [0.1, 0.15) is 12.1 Å². The molecule has 0 amide bonds. The van der Waals surface area contributed by atoms with E-state index in [0.29, 0.717) is 5.95 Å². The normalized spacial score (nSPS) is 10.7. The van der Waals surface area contributed by atoms with Gasteiger partial charge in [-0.05, 0) is 25.1 Å². The molecule has 3 rings (SSSR count). The monoisotopic (exact) mass is 239 g/mol. The molecule has 18 heavy (non-hydrogen) atoms. The molecule has 0 saturated carbocycles. The quantitative estimate of drug-likeness (QED) is 0.761. The van der Waals surface area contributed by atoms with Crippen molar-refractivity contribution in [2.75, 3.05) is 11.9 Å². The Hall–Kier alpha value is -2.43. The molecule has 0 aliphatic rings. The third-order valence-electron chi connectivity index (χ3n) is 2.68. The van der Waals surface area contributed by atoms with Gasteiger partial charge < -0.3 is 5.32 Å².